The maximum absolute atomic E-state index is 12.9. The van der Waals surface area contributed by atoms with Crippen molar-refractivity contribution in [2.75, 3.05) is 4.90 Å². The molecular formula is C22H19NO5. The topological polar surface area (TPSA) is 76.8 Å². The molecule has 0 spiro atoms. The Bertz CT molecular complexity index is 1130. The minimum atomic E-state index is -1.02. The molecule has 3 aromatic rings. The van der Waals surface area contributed by atoms with Crippen LogP contribution in [0.1, 0.15) is 30.0 Å². The summed E-state index contributed by atoms with van der Waals surface area (Å²) in [6, 6.07) is 15.4. The molecule has 1 aliphatic heterocycles. The maximum Gasteiger partial charge on any atom is 0.375 e. The number of carbonyl (C=O) groups excluding carboxylic acids is 2. The average Bonchev–Trinajstić information content (AvgIpc) is 3.02. The summed E-state index contributed by atoms with van der Waals surface area (Å²) in [7, 11) is 0. The van der Waals surface area contributed by atoms with Crippen LogP contribution in [0, 0.1) is 0 Å². The summed E-state index contributed by atoms with van der Waals surface area (Å²) in [5.74, 6) is -1.38. The second-order valence-electron chi connectivity index (χ2n) is 6.91. The summed E-state index contributed by atoms with van der Waals surface area (Å²) >= 11 is 0. The van der Waals surface area contributed by atoms with Crippen LogP contribution in [0.15, 0.2) is 63.8 Å². The van der Waals surface area contributed by atoms with Crippen molar-refractivity contribution in [1.29, 1.82) is 0 Å². The molecule has 1 aliphatic rings. The van der Waals surface area contributed by atoms with Crippen LogP contribution in [0.2, 0.25) is 0 Å². The summed E-state index contributed by atoms with van der Waals surface area (Å²) in [5, 5.41) is 0.380. The SMILES string of the molecule is C[C@@H](OC(=O)c1cc(=O)c2ccccc2o1)C(=O)N1c2ccccc2C[C@@H]1C. The Labute approximate surface area is 161 Å². The number of amides is 1. The fourth-order valence-corrected chi connectivity index (χ4v) is 3.57. The Balaban J connectivity index is 1.55. The van der Waals surface area contributed by atoms with Gasteiger partial charge in [-0.1, -0.05) is 30.3 Å². The van der Waals surface area contributed by atoms with Crippen LogP contribution in [0.25, 0.3) is 11.0 Å². The standard InChI is InChI=1S/C22H19NO5/c1-13-11-15-7-3-5-9-17(15)23(13)21(25)14(2)27-22(26)20-12-18(24)16-8-4-6-10-19(16)28-20/h3-10,12-14H,11H2,1-2H3/t13-,14+/m0/s1. The summed E-state index contributed by atoms with van der Waals surface area (Å²) in [6.45, 7) is 3.47. The zero-order valence-corrected chi connectivity index (χ0v) is 15.5. The fraction of sp³-hybridized carbons (Fsp3) is 0.227. The highest BCUT2D eigenvalue weighted by atomic mass is 16.6. The van der Waals surface area contributed by atoms with E-state index in [0.717, 1.165) is 23.7 Å². The van der Waals surface area contributed by atoms with Crippen molar-refractivity contribution in [3.63, 3.8) is 0 Å². The molecule has 0 aliphatic carbocycles. The quantitative estimate of drug-likeness (QED) is 0.655. The number of carbonyl (C=O) groups is 2. The van der Waals surface area contributed by atoms with Crippen LogP contribution in [0.4, 0.5) is 5.69 Å². The van der Waals surface area contributed by atoms with E-state index in [4.69, 9.17) is 9.15 Å². The first-order valence-corrected chi connectivity index (χ1v) is 9.10. The molecule has 28 heavy (non-hydrogen) atoms. The lowest BCUT2D eigenvalue weighted by molar-refractivity contribution is -0.126. The second-order valence-corrected chi connectivity index (χ2v) is 6.91. The molecule has 2 aromatic carbocycles. The van der Waals surface area contributed by atoms with Gasteiger partial charge in [-0.3, -0.25) is 9.59 Å². The third-order valence-corrected chi connectivity index (χ3v) is 4.91. The van der Waals surface area contributed by atoms with Crippen LogP contribution in [0.3, 0.4) is 0 Å². The van der Waals surface area contributed by atoms with E-state index in [9.17, 15) is 14.4 Å². The first-order valence-electron chi connectivity index (χ1n) is 9.10. The van der Waals surface area contributed by atoms with E-state index in [1.54, 1.807) is 29.2 Å². The molecule has 0 saturated carbocycles. The van der Waals surface area contributed by atoms with E-state index in [2.05, 4.69) is 0 Å². The molecule has 0 bridgehead atoms. The lowest BCUT2D eigenvalue weighted by atomic mass is 10.1. The van der Waals surface area contributed by atoms with Gasteiger partial charge in [0.1, 0.15) is 5.58 Å². The summed E-state index contributed by atoms with van der Waals surface area (Å²) < 4.78 is 10.8. The lowest BCUT2D eigenvalue weighted by Crippen LogP contribution is -2.43. The molecule has 0 fully saturated rings. The van der Waals surface area contributed by atoms with E-state index in [-0.39, 0.29) is 23.1 Å². The van der Waals surface area contributed by atoms with E-state index in [1.807, 2.05) is 31.2 Å². The molecule has 0 N–H and O–H groups in total. The molecule has 0 unspecified atom stereocenters. The predicted octanol–water partition coefficient (Wildman–Crippen LogP) is 3.32. The number of anilines is 1. The number of esters is 1. The highest BCUT2D eigenvalue weighted by Gasteiger charge is 2.34. The summed E-state index contributed by atoms with van der Waals surface area (Å²) in [5.41, 5.74) is 1.88. The summed E-state index contributed by atoms with van der Waals surface area (Å²) in [6.07, 6.45) is -0.264. The minimum absolute atomic E-state index is 0.0235. The van der Waals surface area contributed by atoms with Crippen LogP contribution < -0.4 is 10.3 Å². The van der Waals surface area contributed by atoms with Gasteiger partial charge < -0.3 is 14.1 Å². The van der Waals surface area contributed by atoms with Crippen molar-refractivity contribution in [2.24, 2.45) is 0 Å². The number of hydrogen-bond donors (Lipinski definition) is 0. The van der Waals surface area contributed by atoms with Gasteiger partial charge in [0.25, 0.3) is 5.91 Å². The third-order valence-electron chi connectivity index (χ3n) is 4.91. The molecule has 6 nitrogen and oxygen atoms in total. The van der Waals surface area contributed by atoms with Gasteiger partial charge in [-0.2, -0.15) is 0 Å². The molecule has 4 rings (SSSR count). The van der Waals surface area contributed by atoms with Gasteiger partial charge in [-0.05, 0) is 44.0 Å². The van der Waals surface area contributed by atoms with Gasteiger partial charge in [0.05, 0.1) is 5.39 Å². The van der Waals surface area contributed by atoms with Crippen LogP contribution in [0.5, 0.6) is 0 Å². The van der Waals surface area contributed by atoms with Gasteiger partial charge in [0, 0.05) is 17.8 Å². The maximum atomic E-state index is 12.9. The molecule has 2 heterocycles. The van der Waals surface area contributed by atoms with E-state index in [0.29, 0.717) is 11.0 Å². The predicted molar refractivity (Wildman–Crippen MR) is 104 cm³/mol. The lowest BCUT2D eigenvalue weighted by Gasteiger charge is -2.25. The van der Waals surface area contributed by atoms with Crippen molar-refractivity contribution in [3.05, 3.63) is 76.1 Å². The van der Waals surface area contributed by atoms with E-state index < -0.39 is 12.1 Å². The highest BCUT2D eigenvalue weighted by Crippen LogP contribution is 2.32. The molecule has 1 aromatic heterocycles. The Morgan fingerprint density at radius 3 is 2.68 bits per heavy atom. The molecule has 1 amide bonds. The number of para-hydroxylation sites is 2. The Kier molecular flexibility index (Phi) is 4.47. The van der Waals surface area contributed by atoms with Crippen molar-refractivity contribution >= 4 is 28.5 Å². The van der Waals surface area contributed by atoms with Crippen molar-refractivity contribution < 1.29 is 18.7 Å². The molecule has 142 valence electrons. The van der Waals surface area contributed by atoms with Crippen LogP contribution in [-0.4, -0.2) is 24.0 Å². The highest BCUT2D eigenvalue weighted by molar-refractivity contribution is 6.00. The zero-order valence-electron chi connectivity index (χ0n) is 15.5. The van der Waals surface area contributed by atoms with Gasteiger partial charge >= 0.3 is 5.97 Å². The summed E-state index contributed by atoms with van der Waals surface area (Å²) in [4.78, 5) is 39.2. The second kappa shape index (κ2) is 6.96. The number of hydrogen-bond acceptors (Lipinski definition) is 5. The van der Waals surface area contributed by atoms with Gasteiger partial charge in [-0.15, -0.1) is 0 Å². The first-order chi connectivity index (χ1) is 13.5. The Morgan fingerprint density at radius 2 is 1.86 bits per heavy atom. The molecule has 0 saturated heterocycles. The van der Waals surface area contributed by atoms with Gasteiger partial charge in [0.15, 0.2) is 11.5 Å². The smallest absolute Gasteiger partial charge is 0.375 e. The Hall–Kier alpha value is -3.41. The number of rotatable bonds is 3. The van der Waals surface area contributed by atoms with Gasteiger partial charge in [0.2, 0.25) is 5.76 Å². The molecule has 2 atom stereocenters. The zero-order chi connectivity index (χ0) is 19.8. The molecular weight excluding hydrogens is 358 g/mol. The van der Waals surface area contributed by atoms with Crippen molar-refractivity contribution in [1.82, 2.24) is 0 Å². The normalized spacial score (nSPS) is 16.6. The van der Waals surface area contributed by atoms with E-state index >= 15 is 0 Å². The number of ether oxygens (including phenoxy) is 1. The average molecular weight is 377 g/mol. The van der Waals surface area contributed by atoms with E-state index in [1.165, 1.54) is 6.92 Å². The van der Waals surface area contributed by atoms with Gasteiger partial charge in [-0.25, -0.2) is 4.79 Å². The molecule has 6 heteroatoms. The Morgan fingerprint density at radius 1 is 1.14 bits per heavy atom. The molecule has 0 radical (unpaired) electrons. The van der Waals surface area contributed by atoms with Crippen molar-refractivity contribution in [3.8, 4) is 0 Å². The number of benzene rings is 2. The van der Waals surface area contributed by atoms with Crippen LogP contribution in [-0.2, 0) is 16.0 Å². The minimum Gasteiger partial charge on any atom is -0.449 e. The van der Waals surface area contributed by atoms with Crippen LogP contribution >= 0.6 is 0 Å². The fourth-order valence-electron chi connectivity index (χ4n) is 3.57. The van der Waals surface area contributed by atoms with Crippen molar-refractivity contribution in [2.45, 2.75) is 32.4 Å². The first kappa shape index (κ1) is 18.0. The largest absolute Gasteiger partial charge is 0.449 e. The number of fused-ring (bicyclic) bond motifs is 2. The monoisotopic (exact) mass is 377 g/mol. The number of nitrogens with zero attached hydrogens (tertiary/aromatic N) is 1. The third kappa shape index (κ3) is 3.07.